The third-order valence-electron chi connectivity index (χ3n) is 10.3. The lowest BCUT2D eigenvalue weighted by Crippen LogP contribution is -2.51. The molecule has 0 saturated heterocycles. The Bertz CT molecular complexity index is 1810. The fourth-order valence-electron chi connectivity index (χ4n) is 7.30. The van der Waals surface area contributed by atoms with Gasteiger partial charge in [0, 0.05) is 12.3 Å². The van der Waals surface area contributed by atoms with Crippen molar-refractivity contribution in [1.29, 1.82) is 0 Å². The van der Waals surface area contributed by atoms with Crippen molar-refractivity contribution in [3.8, 4) is 11.1 Å². The molecule has 2 aliphatic carbocycles. The van der Waals surface area contributed by atoms with E-state index in [1.807, 2.05) is 54.6 Å². The van der Waals surface area contributed by atoms with Crippen LogP contribution in [-0.4, -0.2) is 72.4 Å². The molecule has 4 N–H and O–H groups in total. The van der Waals surface area contributed by atoms with Crippen molar-refractivity contribution in [3.63, 3.8) is 0 Å². The number of carbonyl (C=O) groups excluding carboxylic acids is 5. The number of hydrogen-bond donors (Lipinski definition) is 4. The molecule has 296 valence electrons. The molecule has 3 atom stereocenters. The highest BCUT2D eigenvalue weighted by Gasteiger charge is 2.36. The second kappa shape index (κ2) is 20.2. The highest BCUT2D eigenvalue weighted by atomic mass is 16.6. The highest BCUT2D eigenvalue weighted by molar-refractivity contribution is 5.90. The van der Waals surface area contributed by atoms with Crippen LogP contribution in [-0.2, 0) is 40.0 Å². The summed E-state index contributed by atoms with van der Waals surface area (Å²) < 4.78 is 16.7. The fraction of sp³-hybridized carbons (Fsp3) is 0.386. The van der Waals surface area contributed by atoms with Crippen LogP contribution in [0.2, 0.25) is 0 Å². The number of benzene rings is 3. The summed E-state index contributed by atoms with van der Waals surface area (Å²) in [6, 6.07) is 22.2. The van der Waals surface area contributed by atoms with Crippen LogP contribution >= 0.6 is 0 Å². The first kappa shape index (κ1) is 41.4. The van der Waals surface area contributed by atoms with E-state index >= 15 is 0 Å². The summed E-state index contributed by atoms with van der Waals surface area (Å²) >= 11 is 0. The number of hydrogen-bond acceptors (Lipinski definition) is 9. The van der Waals surface area contributed by atoms with Gasteiger partial charge < -0.3 is 35.3 Å². The number of fused-ring (bicyclic) bond motifs is 3. The Balaban J connectivity index is 1.23. The number of rotatable bonds is 20. The van der Waals surface area contributed by atoms with Crippen LogP contribution in [0.25, 0.3) is 11.1 Å². The smallest absolute Gasteiger partial charge is 0.407 e. The molecule has 1 fully saturated rings. The predicted octanol–water partition coefficient (Wildman–Crippen LogP) is 5.64. The van der Waals surface area contributed by atoms with Crippen LogP contribution in [0.4, 0.5) is 4.79 Å². The molecule has 0 radical (unpaired) electrons. The topological polar surface area (TPSA) is 169 Å². The Hall–Kier alpha value is -5.75. The van der Waals surface area contributed by atoms with E-state index in [2.05, 4.69) is 29.1 Å². The van der Waals surface area contributed by atoms with Gasteiger partial charge in [0.25, 0.3) is 0 Å². The van der Waals surface area contributed by atoms with E-state index in [1.54, 1.807) is 30.3 Å². The van der Waals surface area contributed by atoms with Crippen molar-refractivity contribution in [2.75, 3.05) is 19.8 Å². The third-order valence-corrected chi connectivity index (χ3v) is 10.3. The summed E-state index contributed by atoms with van der Waals surface area (Å²) in [4.78, 5) is 66.8. The first-order valence-electron chi connectivity index (χ1n) is 19.1. The zero-order valence-corrected chi connectivity index (χ0v) is 31.6. The lowest BCUT2D eigenvalue weighted by molar-refractivity contribution is -0.156. The third kappa shape index (κ3) is 10.9. The standard InChI is InChI=1S/C44H51N3O9/c1-3-5-22-37(46-43(53)56-27-36-34-20-11-9-18-32(34)33-19-10-12-21-35(33)36)41(51)55-28-38(42(52)54-26-30-16-7-6-8-17-30)45-40(50)31(15-4-2)25-39(49)47-44(29-48)23-13-14-24-44/h3-4,6-12,16-21,31,36-38,48H,1-2,5,13-15,22-29H2,(H,45,50)(H,46,53)(H,47,49)/t31-,37+,38-/m1/s1. The quantitative estimate of drug-likeness (QED) is 0.0647. The number of aliphatic hydroxyl groups is 1. The Kier molecular flexibility index (Phi) is 15.0. The molecule has 0 unspecified atom stereocenters. The monoisotopic (exact) mass is 765 g/mol. The second-order valence-corrected chi connectivity index (χ2v) is 14.3. The maximum atomic E-state index is 13.6. The molecule has 5 rings (SSSR count). The molecule has 1 saturated carbocycles. The molecular formula is C44H51N3O9. The molecular weight excluding hydrogens is 714 g/mol. The van der Waals surface area contributed by atoms with Gasteiger partial charge in [-0.3, -0.25) is 9.59 Å². The largest absolute Gasteiger partial charge is 0.461 e. The average Bonchev–Trinajstić information content (AvgIpc) is 3.81. The number of nitrogens with one attached hydrogen (secondary N) is 3. The number of carbonyl (C=O) groups is 5. The lowest BCUT2D eigenvalue weighted by atomic mass is 9.95. The molecule has 0 bridgehead atoms. The van der Waals surface area contributed by atoms with Gasteiger partial charge in [0.1, 0.15) is 25.9 Å². The summed E-state index contributed by atoms with van der Waals surface area (Å²) in [7, 11) is 0. The molecule has 56 heavy (non-hydrogen) atoms. The van der Waals surface area contributed by atoms with Crippen molar-refractivity contribution in [3.05, 3.63) is 121 Å². The van der Waals surface area contributed by atoms with E-state index in [9.17, 15) is 29.1 Å². The van der Waals surface area contributed by atoms with Crippen LogP contribution in [0.15, 0.2) is 104 Å². The van der Waals surface area contributed by atoms with Crippen molar-refractivity contribution in [1.82, 2.24) is 16.0 Å². The normalized spacial score (nSPS) is 15.5. The molecule has 3 aromatic carbocycles. The maximum Gasteiger partial charge on any atom is 0.407 e. The average molecular weight is 766 g/mol. The molecule has 0 spiro atoms. The number of ether oxygens (including phenoxy) is 3. The van der Waals surface area contributed by atoms with Gasteiger partial charge in [-0.2, -0.15) is 0 Å². The molecule has 0 aromatic heterocycles. The van der Waals surface area contributed by atoms with E-state index in [4.69, 9.17) is 14.2 Å². The molecule has 12 heteroatoms. The van der Waals surface area contributed by atoms with Crippen molar-refractivity contribution in [2.45, 2.75) is 81.5 Å². The van der Waals surface area contributed by atoms with Crippen LogP contribution in [0, 0.1) is 5.92 Å². The Morgan fingerprint density at radius 2 is 1.41 bits per heavy atom. The first-order valence-corrected chi connectivity index (χ1v) is 19.1. The summed E-state index contributed by atoms with van der Waals surface area (Å²) in [6.07, 6.45) is 5.67. The SMILES string of the molecule is C=CCC[C@H](NC(=O)OCC1c2ccccc2-c2ccccc21)C(=O)OC[C@@H](NC(=O)[C@H](CC=C)CC(=O)NC1(CO)CCCC1)C(=O)OCc1ccccc1. The maximum absolute atomic E-state index is 13.6. The number of esters is 2. The van der Waals surface area contributed by atoms with E-state index in [-0.39, 0.29) is 45.0 Å². The molecule has 3 aromatic rings. The molecule has 2 aliphatic rings. The molecule has 3 amide bonds. The van der Waals surface area contributed by atoms with E-state index in [0.29, 0.717) is 24.8 Å². The summed E-state index contributed by atoms with van der Waals surface area (Å²) in [5.41, 5.74) is 4.20. The second-order valence-electron chi connectivity index (χ2n) is 14.3. The van der Waals surface area contributed by atoms with Gasteiger partial charge in [-0.1, -0.05) is 104 Å². The van der Waals surface area contributed by atoms with Gasteiger partial charge in [-0.15, -0.1) is 13.2 Å². The Morgan fingerprint density at radius 3 is 2.04 bits per heavy atom. The zero-order valence-electron chi connectivity index (χ0n) is 31.6. The van der Waals surface area contributed by atoms with E-state index < -0.39 is 60.0 Å². The minimum Gasteiger partial charge on any atom is -0.461 e. The summed E-state index contributed by atoms with van der Waals surface area (Å²) in [5, 5.41) is 18.1. The highest BCUT2D eigenvalue weighted by Crippen LogP contribution is 2.44. The number of alkyl carbamates (subject to hydrolysis) is 1. The Labute approximate surface area is 327 Å². The van der Waals surface area contributed by atoms with Gasteiger partial charge in [0.05, 0.1) is 18.1 Å². The predicted molar refractivity (Wildman–Crippen MR) is 210 cm³/mol. The van der Waals surface area contributed by atoms with Gasteiger partial charge in [-0.05, 0) is 59.9 Å². The zero-order chi connectivity index (χ0) is 39.9. The van der Waals surface area contributed by atoms with Gasteiger partial charge >= 0.3 is 18.0 Å². The number of aliphatic hydroxyl groups excluding tert-OH is 1. The minimum atomic E-state index is -1.45. The molecule has 0 heterocycles. The lowest BCUT2D eigenvalue weighted by Gasteiger charge is -2.29. The summed E-state index contributed by atoms with van der Waals surface area (Å²) in [5.74, 6) is -3.89. The first-order chi connectivity index (χ1) is 27.2. The Morgan fingerprint density at radius 1 is 0.786 bits per heavy atom. The van der Waals surface area contributed by atoms with Crippen LogP contribution in [0.1, 0.15) is 74.0 Å². The van der Waals surface area contributed by atoms with Gasteiger partial charge in [0.15, 0.2) is 6.04 Å². The van der Waals surface area contributed by atoms with Crippen LogP contribution in [0.3, 0.4) is 0 Å². The number of amides is 3. The number of allylic oxidation sites excluding steroid dienone is 2. The molecule has 0 aliphatic heterocycles. The van der Waals surface area contributed by atoms with Crippen LogP contribution in [0.5, 0.6) is 0 Å². The van der Waals surface area contributed by atoms with Gasteiger partial charge in [0.2, 0.25) is 11.8 Å². The minimum absolute atomic E-state index is 0.0370. The van der Waals surface area contributed by atoms with Crippen molar-refractivity contribution >= 4 is 29.8 Å². The van der Waals surface area contributed by atoms with Crippen molar-refractivity contribution < 1.29 is 43.3 Å². The van der Waals surface area contributed by atoms with E-state index in [1.165, 1.54) is 6.08 Å². The van der Waals surface area contributed by atoms with Crippen LogP contribution < -0.4 is 16.0 Å². The fourth-order valence-corrected chi connectivity index (χ4v) is 7.30. The summed E-state index contributed by atoms with van der Waals surface area (Å²) in [6.45, 7) is 6.54. The van der Waals surface area contributed by atoms with Gasteiger partial charge in [-0.25, -0.2) is 14.4 Å². The van der Waals surface area contributed by atoms with E-state index in [0.717, 1.165) is 35.1 Å². The molecule has 12 nitrogen and oxygen atoms in total. The van der Waals surface area contributed by atoms with Crippen molar-refractivity contribution in [2.24, 2.45) is 5.92 Å².